The zero-order valence-electron chi connectivity index (χ0n) is 14.6. The summed E-state index contributed by atoms with van der Waals surface area (Å²) in [5, 5.41) is 0. The molecular weight excluding hydrogens is 260 g/mol. The van der Waals surface area contributed by atoms with Crippen molar-refractivity contribution in [2.75, 3.05) is 26.8 Å². The van der Waals surface area contributed by atoms with Gasteiger partial charge in [-0.15, -0.1) is 0 Å². The fraction of sp³-hybridized carbons (Fsp3) is 0.667. The van der Waals surface area contributed by atoms with Crippen molar-refractivity contribution in [2.45, 2.75) is 53.1 Å². The predicted octanol–water partition coefficient (Wildman–Crippen LogP) is 3.36. The van der Waals surface area contributed by atoms with Crippen LogP contribution in [0.5, 0.6) is 0 Å². The average molecular weight is 292 g/mol. The molecule has 0 radical (unpaired) electrons. The number of hydrogen-bond donors (Lipinski definition) is 1. The van der Waals surface area contributed by atoms with E-state index in [0.717, 1.165) is 26.1 Å². The quantitative estimate of drug-likeness (QED) is 0.798. The zero-order valence-corrected chi connectivity index (χ0v) is 14.6. The van der Waals surface area contributed by atoms with Crippen LogP contribution in [0.15, 0.2) is 12.1 Å². The number of nitrogens with two attached hydrogens (primary N) is 1. The number of methoxy groups -OCH3 is 1. The second-order valence-corrected chi connectivity index (χ2v) is 6.16. The van der Waals surface area contributed by atoms with Crippen LogP contribution in [-0.4, -0.2) is 37.7 Å². The maximum Gasteiger partial charge on any atom is 0.0589 e. The van der Waals surface area contributed by atoms with E-state index in [4.69, 9.17) is 10.5 Å². The molecule has 0 aliphatic rings. The lowest BCUT2D eigenvalue weighted by molar-refractivity contribution is 0.118. The second-order valence-electron chi connectivity index (χ2n) is 6.16. The van der Waals surface area contributed by atoms with E-state index in [9.17, 15) is 0 Å². The number of hydrogen-bond acceptors (Lipinski definition) is 3. The van der Waals surface area contributed by atoms with Crippen molar-refractivity contribution in [1.82, 2.24) is 4.90 Å². The largest absolute Gasteiger partial charge is 0.383 e. The summed E-state index contributed by atoms with van der Waals surface area (Å²) in [7, 11) is 1.75. The number of ether oxygens (including phenoxy) is 1. The molecule has 120 valence electrons. The summed E-state index contributed by atoms with van der Waals surface area (Å²) in [4.78, 5) is 2.44. The SMILES string of the molecule is CCC(C)N(CCOC)CC(N)c1c(C)cc(C)cc1C. The summed E-state index contributed by atoms with van der Waals surface area (Å²) in [5.41, 5.74) is 11.7. The first-order chi connectivity index (χ1) is 9.90. The Morgan fingerprint density at radius 3 is 2.24 bits per heavy atom. The standard InChI is InChI=1S/C18H32N2O/c1-7-16(5)20(8-9-21-6)12-17(19)18-14(3)10-13(2)11-15(18)4/h10-11,16-17H,7-9,12,19H2,1-6H3. The summed E-state index contributed by atoms with van der Waals surface area (Å²) in [6.45, 7) is 13.5. The minimum atomic E-state index is 0.0523. The van der Waals surface area contributed by atoms with Gasteiger partial charge in [0.1, 0.15) is 0 Å². The zero-order chi connectivity index (χ0) is 16.0. The normalized spacial score (nSPS) is 14.5. The van der Waals surface area contributed by atoms with E-state index in [0.29, 0.717) is 6.04 Å². The van der Waals surface area contributed by atoms with Crippen LogP contribution in [-0.2, 0) is 4.74 Å². The fourth-order valence-corrected chi connectivity index (χ4v) is 3.08. The molecule has 3 nitrogen and oxygen atoms in total. The topological polar surface area (TPSA) is 38.5 Å². The van der Waals surface area contributed by atoms with Crippen LogP contribution < -0.4 is 5.73 Å². The Hall–Kier alpha value is -0.900. The van der Waals surface area contributed by atoms with Gasteiger partial charge in [0.2, 0.25) is 0 Å². The van der Waals surface area contributed by atoms with Crippen LogP contribution in [0, 0.1) is 20.8 Å². The molecule has 1 aromatic rings. The van der Waals surface area contributed by atoms with Gasteiger partial charge in [-0.25, -0.2) is 0 Å². The molecule has 0 aromatic heterocycles. The average Bonchev–Trinajstić information content (AvgIpc) is 2.41. The summed E-state index contributed by atoms with van der Waals surface area (Å²) in [6, 6.07) is 5.03. The first-order valence-corrected chi connectivity index (χ1v) is 7.97. The molecule has 2 unspecified atom stereocenters. The van der Waals surface area contributed by atoms with Crippen LogP contribution in [0.1, 0.15) is 48.6 Å². The Kier molecular flexibility index (Phi) is 7.36. The Bertz CT molecular complexity index is 422. The van der Waals surface area contributed by atoms with E-state index in [2.05, 4.69) is 51.7 Å². The molecule has 0 saturated carbocycles. The molecule has 0 heterocycles. The highest BCUT2D eigenvalue weighted by Crippen LogP contribution is 2.23. The van der Waals surface area contributed by atoms with E-state index in [1.807, 2.05) is 0 Å². The second kappa shape index (κ2) is 8.52. The lowest BCUT2D eigenvalue weighted by atomic mass is 9.94. The fourth-order valence-electron chi connectivity index (χ4n) is 3.08. The van der Waals surface area contributed by atoms with Gasteiger partial charge in [0.25, 0.3) is 0 Å². The highest BCUT2D eigenvalue weighted by molar-refractivity contribution is 5.39. The van der Waals surface area contributed by atoms with Gasteiger partial charge in [0, 0.05) is 32.3 Å². The smallest absolute Gasteiger partial charge is 0.0589 e. The Labute approximate surface area is 130 Å². The molecule has 0 spiro atoms. The van der Waals surface area contributed by atoms with Crippen molar-refractivity contribution in [1.29, 1.82) is 0 Å². The summed E-state index contributed by atoms with van der Waals surface area (Å²) < 4.78 is 5.23. The molecule has 0 fully saturated rings. The number of benzene rings is 1. The third-order valence-electron chi connectivity index (χ3n) is 4.34. The molecular formula is C18H32N2O. The van der Waals surface area contributed by atoms with Crippen molar-refractivity contribution in [3.8, 4) is 0 Å². The van der Waals surface area contributed by atoms with Crippen molar-refractivity contribution in [3.63, 3.8) is 0 Å². The van der Waals surface area contributed by atoms with E-state index in [1.54, 1.807) is 7.11 Å². The highest BCUT2D eigenvalue weighted by Gasteiger charge is 2.19. The van der Waals surface area contributed by atoms with Crippen molar-refractivity contribution in [3.05, 3.63) is 34.4 Å². The molecule has 0 bridgehead atoms. The molecule has 0 saturated heterocycles. The summed E-state index contributed by atoms with van der Waals surface area (Å²) in [6.07, 6.45) is 1.13. The van der Waals surface area contributed by atoms with Gasteiger partial charge in [-0.05, 0) is 50.8 Å². The van der Waals surface area contributed by atoms with Crippen molar-refractivity contribution < 1.29 is 4.74 Å². The monoisotopic (exact) mass is 292 g/mol. The molecule has 1 rings (SSSR count). The van der Waals surface area contributed by atoms with Crippen molar-refractivity contribution >= 4 is 0 Å². The summed E-state index contributed by atoms with van der Waals surface area (Å²) >= 11 is 0. The molecule has 0 aliphatic carbocycles. The third kappa shape index (κ3) is 5.10. The van der Waals surface area contributed by atoms with Crippen molar-refractivity contribution in [2.24, 2.45) is 5.73 Å². The van der Waals surface area contributed by atoms with Gasteiger partial charge in [-0.1, -0.05) is 24.6 Å². The van der Waals surface area contributed by atoms with Crippen LogP contribution in [0.3, 0.4) is 0 Å². The van der Waals surface area contributed by atoms with E-state index < -0.39 is 0 Å². The van der Waals surface area contributed by atoms with Gasteiger partial charge in [0.15, 0.2) is 0 Å². The van der Waals surface area contributed by atoms with Gasteiger partial charge < -0.3 is 10.5 Å². The third-order valence-corrected chi connectivity index (χ3v) is 4.34. The van der Waals surface area contributed by atoms with Crippen LogP contribution in [0.25, 0.3) is 0 Å². The molecule has 1 aromatic carbocycles. The highest BCUT2D eigenvalue weighted by atomic mass is 16.5. The number of nitrogens with zero attached hydrogens (tertiary/aromatic N) is 1. The molecule has 0 amide bonds. The molecule has 21 heavy (non-hydrogen) atoms. The number of rotatable bonds is 8. The molecule has 0 aliphatic heterocycles. The minimum absolute atomic E-state index is 0.0523. The van der Waals surface area contributed by atoms with Gasteiger partial charge in [-0.3, -0.25) is 4.90 Å². The van der Waals surface area contributed by atoms with Gasteiger partial charge in [-0.2, -0.15) is 0 Å². The van der Waals surface area contributed by atoms with Gasteiger partial charge >= 0.3 is 0 Å². The van der Waals surface area contributed by atoms with E-state index in [-0.39, 0.29) is 6.04 Å². The Morgan fingerprint density at radius 2 is 1.76 bits per heavy atom. The lowest BCUT2D eigenvalue weighted by Gasteiger charge is -2.31. The Morgan fingerprint density at radius 1 is 1.19 bits per heavy atom. The lowest BCUT2D eigenvalue weighted by Crippen LogP contribution is -2.40. The summed E-state index contributed by atoms with van der Waals surface area (Å²) in [5.74, 6) is 0. The molecule has 3 heteroatoms. The maximum absolute atomic E-state index is 6.53. The van der Waals surface area contributed by atoms with Crippen LogP contribution in [0.4, 0.5) is 0 Å². The molecule has 2 atom stereocenters. The van der Waals surface area contributed by atoms with Crippen LogP contribution in [0.2, 0.25) is 0 Å². The Balaban J connectivity index is 2.88. The van der Waals surface area contributed by atoms with E-state index in [1.165, 1.54) is 22.3 Å². The maximum atomic E-state index is 6.53. The van der Waals surface area contributed by atoms with Crippen LogP contribution >= 0.6 is 0 Å². The predicted molar refractivity (Wildman–Crippen MR) is 90.8 cm³/mol. The van der Waals surface area contributed by atoms with E-state index >= 15 is 0 Å². The minimum Gasteiger partial charge on any atom is -0.383 e. The molecule has 2 N–H and O–H groups in total. The first kappa shape index (κ1) is 18.1. The number of aryl methyl sites for hydroxylation is 3. The van der Waals surface area contributed by atoms with Gasteiger partial charge in [0.05, 0.1) is 6.61 Å². The first-order valence-electron chi connectivity index (χ1n) is 7.97.